The number of anilines is 2. The molecule has 0 spiro atoms. The van der Waals surface area contributed by atoms with Gasteiger partial charge >= 0.3 is 0 Å². The van der Waals surface area contributed by atoms with Gasteiger partial charge in [0.15, 0.2) is 0 Å². The van der Waals surface area contributed by atoms with Gasteiger partial charge in [-0.1, -0.05) is 0 Å². The van der Waals surface area contributed by atoms with Crippen LogP contribution in [-0.2, 0) is 0 Å². The molecule has 2 aromatic heterocycles. The first kappa shape index (κ1) is 13.1. The second kappa shape index (κ2) is 6.05. The van der Waals surface area contributed by atoms with Gasteiger partial charge in [-0.25, -0.2) is 4.98 Å². The SMILES string of the molecule is CC(O)CCCNc1nc(N)nc(-n2cncn2)n1. The van der Waals surface area contributed by atoms with Crippen LogP contribution in [0.5, 0.6) is 0 Å². The molecule has 0 saturated carbocycles. The first-order chi connectivity index (χ1) is 9.15. The standard InChI is InChI=1S/C10H16N8O/c1-7(19)3-2-4-13-9-15-8(11)16-10(17-9)18-6-12-5-14-18/h5-7,19H,2-4H2,1H3,(H3,11,13,15,16,17). The van der Waals surface area contributed by atoms with Crippen molar-refractivity contribution in [3.05, 3.63) is 12.7 Å². The number of aliphatic hydroxyl groups is 1. The predicted molar refractivity (Wildman–Crippen MR) is 68.6 cm³/mol. The Bertz CT molecular complexity index is 512. The van der Waals surface area contributed by atoms with E-state index in [1.165, 1.54) is 17.3 Å². The number of hydrogen-bond donors (Lipinski definition) is 3. The molecule has 9 nitrogen and oxygen atoms in total. The topological polar surface area (TPSA) is 128 Å². The van der Waals surface area contributed by atoms with Gasteiger partial charge in [-0.15, -0.1) is 0 Å². The molecule has 0 amide bonds. The van der Waals surface area contributed by atoms with Crippen molar-refractivity contribution in [1.82, 2.24) is 29.7 Å². The van der Waals surface area contributed by atoms with Crippen molar-refractivity contribution < 1.29 is 5.11 Å². The molecular weight excluding hydrogens is 248 g/mol. The highest BCUT2D eigenvalue weighted by Crippen LogP contribution is 2.06. The average molecular weight is 264 g/mol. The monoisotopic (exact) mass is 264 g/mol. The van der Waals surface area contributed by atoms with Crippen LogP contribution in [-0.4, -0.2) is 47.5 Å². The Morgan fingerprint density at radius 1 is 1.42 bits per heavy atom. The van der Waals surface area contributed by atoms with E-state index in [1.54, 1.807) is 6.92 Å². The van der Waals surface area contributed by atoms with E-state index in [0.29, 0.717) is 24.9 Å². The van der Waals surface area contributed by atoms with Crippen LogP contribution < -0.4 is 11.1 Å². The minimum absolute atomic E-state index is 0.110. The molecule has 1 unspecified atom stereocenters. The summed E-state index contributed by atoms with van der Waals surface area (Å²) in [6, 6.07) is 0. The Hall–Kier alpha value is -2.29. The van der Waals surface area contributed by atoms with Crippen molar-refractivity contribution in [2.24, 2.45) is 0 Å². The molecule has 0 aliphatic heterocycles. The lowest BCUT2D eigenvalue weighted by Gasteiger charge is -2.07. The van der Waals surface area contributed by atoms with Gasteiger partial charge in [-0.2, -0.15) is 24.7 Å². The fourth-order valence-corrected chi connectivity index (χ4v) is 1.47. The smallest absolute Gasteiger partial charge is 0.258 e. The second-order valence-corrected chi connectivity index (χ2v) is 4.08. The van der Waals surface area contributed by atoms with Crippen LogP contribution in [0.1, 0.15) is 19.8 Å². The first-order valence-corrected chi connectivity index (χ1v) is 5.93. The Kier molecular flexibility index (Phi) is 4.18. The van der Waals surface area contributed by atoms with Crippen LogP contribution >= 0.6 is 0 Å². The maximum absolute atomic E-state index is 9.16. The lowest BCUT2D eigenvalue weighted by molar-refractivity contribution is 0.183. The van der Waals surface area contributed by atoms with E-state index in [1.807, 2.05) is 0 Å². The summed E-state index contributed by atoms with van der Waals surface area (Å²) in [5.41, 5.74) is 5.61. The van der Waals surface area contributed by atoms with Crippen LogP contribution in [0.15, 0.2) is 12.7 Å². The zero-order valence-corrected chi connectivity index (χ0v) is 10.6. The number of nitrogens with one attached hydrogen (secondary N) is 1. The molecule has 0 fully saturated rings. The molecule has 0 bridgehead atoms. The Morgan fingerprint density at radius 3 is 2.95 bits per heavy atom. The fraction of sp³-hybridized carbons (Fsp3) is 0.500. The van der Waals surface area contributed by atoms with Crippen LogP contribution in [0.3, 0.4) is 0 Å². The molecule has 2 aromatic rings. The fourth-order valence-electron chi connectivity index (χ4n) is 1.47. The third-order valence-electron chi connectivity index (χ3n) is 2.35. The van der Waals surface area contributed by atoms with E-state index in [-0.39, 0.29) is 12.1 Å². The Labute approximate surface area is 109 Å². The number of nitrogens with zero attached hydrogens (tertiary/aromatic N) is 6. The summed E-state index contributed by atoms with van der Waals surface area (Å²) in [6.45, 7) is 2.40. The normalized spacial score (nSPS) is 12.3. The molecular formula is C10H16N8O. The van der Waals surface area contributed by atoms with Crippen molar-refractivity contribution in [2.45, 2.75) is 25.9 Å². The van der Waals surface area contributed by atoms with Crippen LogP contribution in [0.2, 0.25) is 0 Å². The molecule has 19 heavy (non-hydrogen) atoms. The van der Waals surface area contributed by atoms with Crippen LogP contribution in [0.25, 0.3) is 5.95 Å². The molecule has 0 aliphatic carbocycles. The van der Waals surface area contributed by atoms with Gasteiger partial charge in [0, 0.05) is 6.54 Å². The number of aromatic nitrogens is 6. The quantitative estimate of drug-likeness (QED) is 0.602. The van der Waals surface area contributed by atoms with Gasteiger partial charge in [0.2, 0.25) is 11.9 Å². The van der Waals surface area contributed by atoms with E-state index < -0.39 is 0 Å². The summed E-state index contributed by atoms with van der Waals surface area (Å²) in [4.78, 5) is 15.9. The molecule has 102 valence electrons. The second-order valence-electron chi connectivity index (χ2n) is 4.08. The van der Waals surface area contributed by atoms with Crippen LogP contribution in [0, 0.1) is 0 Å². The third kappa shape index (κ3) is 3.85. The van der Waals surface area contributed by atoms with Crippen molar-refractivity contribution in [1.29, 1.82) is 0 Å². The third-order valence-corrected chi connectivity index (χ3v) is 2.35. The minimum Gasteiger partial charge on any atom is -0.393 e. The van der Waals surface area contributed by atoms with Gasteiger partial charge in [0.1, 0.15) is 12.7 Å². The van der Waals surface area contributed by atoms with E-state index in [4.69, 9.17) is 10.8 Å². The molecule has 0 saturated heterocycles. The summed E-state index contributed by atoms with van der Waals surface area (Å²) >= 11 is 0. The maximum atomic E-state index is 9.16. The predicted octanol–water partition coefficient (Wildman–Crippen LogP) is -0.393. The van der Waals surface area contributed by atoms with Gasteiger partial charge in [-0.05, 0) is 19.8 Å². The molecule has 2 heterocycles. The summed E-state index contributed by atoms with van der Waals surface area (Å²) in [5, 5.41) is 16.1. The largest absolute Gasteiger partial charge is 0.393 e. The van der Waals surface area contributed by atoms with E-state index in [0.717, 1.165) is 6.42 Å². The van der Waals surface area contributed by atoms with Gasteiger partial charge < -0.3 is 16.2 Å². The molecule has 1 atom stereocenters. The molecule has 9 heteroatoms. The lowest BCUT2D eigenvalue weighted by atomic mass is 10.2. The Balaban J connectivity index is 2.01. The average Bonchev–Trinajstić information content (AvgIpc) is 2.87. The number of aliphatic hydroxyl groups excluding tert-OH is 1. The van der Waals surface area contributed by atoms with Crippen molar-refractivity contribution in [3.8, 4) is 5.95 Å². The van der Waals surface area contributed by atoms with Gasteiger partial charge in [0.05, 0.1) is 6.10 Å². The van der Waals surface area contributed by atoms with Gasteiger partial charge in [0.25, 0.3) is 5.95 Å². The lowest BCUT2D eigenvalue weighted by Crippen LogP contribution is -2.13. The number of nitrogens with two attached hydrogens (primary N) is 1. The first-order valence-electron chi connectivity index (χ1n) is 5.93. The number of hydrogen-bond acceptors (Lipinski definition) is 8. The van der Waals surface area contributed by atoms with Crippen molar-refractivity contribution in [3.63, 3.8) is 0 Å². The summed E-state index contributed by atoms with van der Waals surface area (Å²) < 4.78 is 1.40. The van der Waals surface area contributed by atoms with Gasteiger partial charge in [-0.3, -0.25) is 0 Å². The van der Waals surface area contributed by atoms with Crippen molar-refractivity contribution >= 4 is 11.9 Å². The van der Waals surface area contributed by atoms with Crippen molar-refractivity contribution in [2.75, 3.05) is 17.6 Å². The highest BCUT2D eigenvalue weighted by atomic mass is 16.3. The van der Waals surface area contributed by atoms with E-state index in [2.05, 4.69) is 30.4 Å². The minimum atomic E-state index is -0.309. The Morgan fingerprint density at radius 2 is 2.26 bits per heavy atom. The molecule has 0 radical (unpaired) electrons. The van der Waals surface area contributed by atoms with E-state index >= 15 is 0 Å². The summed E-state index contributed by atoms with van der Waals surface area (Å²) in [5.74, 6) is 0.796. The molecule has 2 rings (SSSR count). The molecule has 0 aromatic carbocycles. The molecule has 4 N–H and O–H groups in total. The summed E-state index contributed by atoms with van der Waals surface area (Å²) in [6.07, 6.45) is 4.07. The van der Waals surface area contributed by atoms with E-state index in [9.17, 15) is 0 Å². The zero-order valence-electron chi connectivity index (χ0n) is 10.6. The number of nitrogen functional groups attached to an aromatic ring is 1. The highest BCUT2D eigenvalue weighted by Gasteiger charge is 2.06. The number of rotatable bonds is 6. The highest BCUT2D eigenvalue weighted by molar-refractivity contribution is 5.34. The maximum Gasteiger partial charge on any atom is 0.258 e. The van der Waals surface area contributed by atoms with Crippen LogP contribution in [0.4, 0.5) is 11.9 Å². The zero-order chi connectivity index (χ0) is 13.7. The summed E-state index contributed by atoms with van der Waals surface area (Å²) in [7, 11) is 0. The molecule has 0 aliphatic rings.